The van der Waals surface area contributed by atoms with Crippen molar-refractivity contribution in [2.45, 2.75) is 18.2 Å². The van der Waals surface area contributed by atoms with E-state index >= 15 is 0 Å². The van der Waals surface area contributed by atoms with E-state index in [1.54, 1.807) is 0 Å². The van der Waals surface area contributed by atoms with Gasteiger partial charge in [-0.1, -0.05) is 0 Å². The Morgan fingerprint density at radius 2 is 2.50 bits per heavy atom. The van der Waals surface area contributed by atoms with Gasteiger partial charge in [-0.05, 0) is 12.2 Å². The van der Waals surface area contributed by atoms with Crippen molar-refractivity contribution in [2.24, 2.45) is 0 Å². The Morgan fingerprint density at radius 3 is 3.08 bits per heavy atom. The third-order valence-corrected chi connectivity index (χ3v) is 3.27. The first-order chi connectivity index (χ1) is 5.90. The predicted octanol–water partition coefficient (Wildman–Crippen LogP) is 2.03. The van der Waals surface area contributed by atoms with Crippen LogP contribution < -0.4 is 0 Å². The summed E-state index contributed by atoms with van der Waals surface area (Å²) in [7, 11) is 0. The fourth-order valence-corrected chi connectivity index (χ4v) is 2.53. The summed E-state index contributed by atoms with van der Waals surface area (Å²) in [5.74, 6) is 4.36. The molecular weight excluding hydrogens is 196 g/mol. The summed E-state index contributed by atoms with van der Waals surface area (Å²) in [4.78, 5) is 0. The molecule has 1 atom stereocenters. The second-order valence-electron chi connectivity index (χ2n) is 2.73. The highest BCUT2D eigenvalue weighted by Crippen LogP contribution is 2.31. The van der Waals surface area contributed by atoms with E-state index in [-0.39, 0.29) is 0 Å². The van der Waals surface area contributed by atoms with Gasteiger partial charge in [0.1, 0.15) is 5.88 Å². The molecule has 1 aliphatic rings. The first-order valence-corrected chi connectivity index (χ1v) is 5.55. The highest BCUT2D eigenvalue weighted by Gasteiger charge is 2.22. The quantitative estimate of drug-likeness (QED) is 0.692. The molecule has 0 spiro atoms. The fourth-order valence-electron chi connectivity index (χ4n) is 1.21. The molecule has 1 aliphatic heterocycles. The molecule has 2 heterocycles. The van der Waals surface area contributed by atoms with Gasteiger partial charge in [-0.25, -0.2) is 0 Å². The number of rotatable bonds is 2. The minimum Gasteiger partial charge on any atom is -0.424 e. The van der Waals surface area contributed by atoms with Crippen molar-refractivity contribution in [3.8, 4) is 0 Å². The minimum absolute atomic E-state index is 0.312. The second kappa shape index (κ2) is 3.66. The van der Waals surface area contributed by atoms with Crippen LogP contribution >= 0.6 is 23.4 Å². The van der Waals surface area contributed by atoms with Gasteiger partial charge in [-0.2, -0.15) is 11.8 Å². The Morgan fingerprint density at radius 1 is 1.58 bits per heavy atom. The molecule has 0 amide bonds. The van der Waals surface area contributed by atoms with Crippen LogP contribution in [-0.4, -0.2) is 21.7 Å². The first-order valence-electron chi connectivity index (χ1n) is 3.86. The molecule has 1 aromatic rings. The number of hydrogen-bond donors (Lipinski definition) is 0. The monoisotopic (exact) mass is 204 g/mol. The summed E-state index contributed by atoms with van der Waals surface area (Å²) in [5.41, 5.74) is 0. The zero-order valence-electron chi connectivity index (χ0n) is 6.49. The zero-order valence-corrected chi connectivity index (χ0v) is 8.07. The van der Waals surface area contributed by atoms with Crippen LogP contribution in [0.1, 0.15) is 24.1 Å². The van der Waals surface area contributed by atoms with E-state index in [2.05, 4.69) is 10.2 Å². The molecule has 2 rings (SSSR count). The lowest BCUT2D eigenvalue weighted by molar-refractivity contribution is 0.437. The van der Waals surface area contributed by atoms with Gasteiger partial charge in [0.05, 0.1) is 0 Å². The number of nitrogens with zero attached hydrogens (tertiary/aromatic N) is 2. The number of alkyl halides is 1. The zero-order chi connectivity index (χ0) is 8.39. The molecule has 12 heavy (non-hydrogen) atoms. The number of thioether (sulfide) groups is 1. The van der Waals surface area contributed by atoms with Crippen LogP contribution in [0.3, 0.4) is 0 Å². The van der Waals surface area contributed by atoms with Crippen molar-refractivity contribution < 1.29 is 4.42 Å². The Hall–Kier alpha value is -0.220. The molecule has 0 aromatic carbocycles. The van der Waals surface area contributed by atoms with Crippen molar-refractivity contribution in [1.82, 2.24) is 10.2 Å². The summed E-state index contributed by atoms with van der Waals surface area (Å²) in [6.45, 7) is 0. The van der Waals surface area contributed by atoms with Gasteiger partial charge in [0, 0.05) is 11.7 Å². The molecule has 0 bridgehead atoms. The van der Waals surface area contributed by atoms with Gasteiger partial charge in [0.25, 0.3) is 0 Å². The van der Waals surface area contributed by atoms with Crippen LogP contribution in [0.25, 0.3) is 0 Å². The van der Waals surface area contributed by atoms with Gasteiger partial charge >= 0.3 is 0 Å². The highest BCUT2D eigenvalue weighted by atomic mass is 35.5. The maximum absolute atomic E-state index is 5.55. The molecule has 0 radical (unpaired) electrons. The maximum Gasteiger partial charge on any atom is 0.231 e. The lowest BCUT2D eigenvalue weighted by atomic mass is 10.1. The Labute approximate surface area is 79.9 Å². The summed E-state index contributed by atoms with van der Waals surface area (Å²) >= 11 is 7.48. The molecule has 3 nitrogen and oxygen atoms in total. The van der Waals surface area contributed by atoms with E-state index in [1.807, 2.05) is 11.8 Å². The van der Waals surface area contributed by atoms with Crippen molar-refractivity contribution in [3.05, 3.63) is 11.8 Å². The van der Waals surface area contributed by atoms with Crippen LogP contribution in [0.4, 0.5) is 0 Å². The van der Waals surface area contributed by atoms with Crippen molar-refractivity contribution in [2.75, 3.05) is 11.5 Å². The summed E-state index contributed by atoms with van der Waals surface area (Å²) < 4.78 is 5.35. The van der Waals surface area contributed by atoms with Crippen LogP contribution in [0, 0.1) is 0 Å². The van der Waals surface area contributed by atoms with Crippen molar-refractivity contribution >= 4 is 23.4 Å². The number of hydrogen-bond acceptors (Lipinski definition) is 4. The molecule has 0 aliphatic carbocycles. The third-order valence-electron chi connectivity index (χ3n) is 1.88. The SMILES string of the molecule is ClCc1nnc(C2CCSC2)o1. The topological polar surface area (TPSA) is 38.9 Å². The summed E-state index contributed by atoms with van der Waals surface area (Å²) in [6.07, 6.45) is 1.15. The largest absolute Gasteiger partial charge is 0.424 e. The van der Waals surface area contributed by atoms with E-state index in [0.29, 0.717) is 17.7 Å². The van der Waals surface area contributed by atoms with Crippen molar-refractivity contribution in [3.63, 3.8) is 0 Å². The molecule has 0 N–H and O–H groups in total. The molecule has 1 fully saturated rings. The van der Waals surface area contributed by atoms with E-state index in [1.165, 1.54) is 5.75 Å². The maximum atomic E-state index is 5.55. The molecule has 0 saturated carbocycles. The van der Waals surface area contributed by atoms with E-state index in [0.717, 1.165) is 18.1 Å². The van der Waals surface area contributed by atoms with Crippen molar-refractivity contribution in [1.29, 1.82) is 0 Å². The molecule has 1 saturated heterocycles. The van der Waals surface area contributed by atoms with Crippen LogP contribution in [0.2, 0.25) is 0 Å². The molecule has 1 unspecified atom stereocenters. The number of aromatic nitrogens is 2. The van der Waals surface area contributed by atoms with E-state index in [4.69, 9.17) is 16.0 Å². The third kappa shape index (κ3) is 1.59. The van der Waals surface area contributed by atoms with Gasteiger partial charge in [0.2, 0.25) is 11.8 Å². The smallest absolute Gasteiger partial charge is 0.231 e. The molecule has 5 heteroatoms. The standard InChI is InChI=1S/C7H9ClN2OS/c8-3-6-9-10-7(11-6)5-1-2-12-4-5/h5H,1-4H2. The van der Waals surface area contributed by atoms with Gasteiger partial charge < -0.3 is 4.42 Å². The van der Waals surface area contributed by atoms with Crippen LogP contribution in [0.15, 0.2) is 4.42 Å². The predicted molar refractivity (Wildman–Crippen MR) is 48.5 cm³/mol. The van der Waals surface area contributed by atoms with Crippen LogP contribution in [-0.2, 0) is 5.88 Å². The van der Waals surface area contributed by atoms with E-state index in [9.17, 15) is 0 Å². The van der Waals surface area contributed by atoms with Gasteiger partial charge in [-0.3, -0.25) is 0 Å². The summed E-state index contributed by atoms with van der Waals surface area (Å²) in [5, 5.41) is 7.78. The molecule has 66 valence electrons. The average molecular weight is 205 g/mol. The Bertz CT molecular complexity index is 260. The van der Waals surface area contributed by atoms with E-state index < -0.39 is 0 Å². The summed E-state index contributed by atoms with van der Waals surface area (Å²) in [6, 6.07) is 0. The normalized spacial score (nSPS) is 23.2. The first kappa shape index (κ1) is 8.38. The number of halogens is 1. The molecule has 1 aromatic heterocycles. The lowest BCUT2D eigenvalue weighted by Crippen LogP contribution is -1.95. The lowest BCUT2D eigenvalue weighted by Gasteiger charge is -1.98. The second-order valence-corrected chi connectivity index (χ2v) is 4.15. The average Bonchev–Trinajstić information content (AvgIpc) is 2.75. The molecular formula is C7H9ClN2OS. The van der Waals surface area contributed by atoms with Gasteiger partial charge in [0.15, 0.2) is 0 Å². The Kier molecular flexibility index (Phi) is 2.56. The minimum atomic E-state index is 0.312. The fraction of sp³-hybridized carbons (Fsp3) is 0.714. The van der Waals surface area contributed by atoms with Gasteiger partial charge in [-0.15, -0.1) is 21.8 Å². The Balaban J connectivity index is 2.11. The highest BCUT2D eigenvalue weighted by molar-refractivity contribution is 7.99. The van der Waals surface area contributed by atoms with Crippen LogP contribution in [0.5, 0.6) is 0 Å².